The van der Waals surface area contributed by atoms with Crippen LogP contribution < -0.4 is 0 Å². The zero-order valence-electron chi connectivity index (χ0n) is 7.78. The molecule has 0 spiro atoms. The zero-order valence-corrected chi connectivity index (χ0v) is 7.78. The molecule has 0 fully saturated rings. The van der Waals surface area contributed by atoms with Gasteiger partial charge in [0.2, 0.25) is 0 Å². The van der Waals surface area contributed by atoms with E-state index in [1.165, 1.54) is 5.57 Å². The Morgan fingerprint density at radius 1 is 1.10 bits per heavy atom. The Labute approximate surface area is 66.0 Å². The van der Waals surface area contributed by atoms with Crippen molar-refractivity contribution in [3.05, 3.63) is 37.5 Å². The summed E-state index contributed by atoms with van der Waals surface area (Å²) in [6, 6.07) is 0. The smallest absolute Gasteiger partial charge is 0.0439 e. The van der Waals surface area contributed by atoms with Crippen LogP contribution in [0.15, 0.2) is 37.5 Å². The van der Waals surface area contributed by atoms with Crippen molar-refractivity contribution in [2.45, 2.75) is 27.7 Å². The van der Waals surface area contributed by atoms with Gasteiger partial charge in [-0.2, -0.15) is 0 Å². The van der Waals surface area contributed by atoms with Crippen LogP contribution in [0.2, 0.25) is 0 Å². The van der Waals surface area contributed by atoms with E-state index in [-0.39, 0.29) is 0 Å². The molecule has 0 aliphatic heterocycles. The Hall–Kier alpha value is -0.780. The molecule has 0 N–H and O–H groups in total. The predicted octanol–water partition coefficient (Wildman–Crippen LogP) is 3.97. The van der Waals surface area contributed by atoms with E-state index in [2.05, 4.69) is 19.7 Å². The van der Waals surface area contributed by atoms with Crippen LogP contribution in [0.5, 0.6) is 0 Å². The van der Waals surface area contributed by atoms with Gasteiger partial charge in [-0.05, 0) is 13.8 Å². The van der Waals surface area contributed by atoms with E-state index in [4.69, 9.17) is 0 Å². The second-order valence-electron chi connectivity index (χ2n) is 1.48. The maximum absolute atomic E-state index is 3.52. The summed E-state index contributed by atoms with van der Waals surface area (Å²) in [7, 11) is 0. The first-order valence-corrected chi connectivity index (χ1v) is 3.53. The summed E-state index contributed by atoms with van der Waals surface area (Å²) in [5.41, 5.74) is 1.30. The van der Waals surface area contributed by atoms with Crippen LogP contribution in [-0.2, 0) is 0 Å². The third-order valence-corrected chi connectivity index (χ3v) is 0.451. The summed E-state index contributed by atoms with van der Waals surface area (Å²) >= 11 is 0. The highest BCUT2D eigenvalue weighted by atomic mass is 13.7. The first-order chi connectivity index (χ1) is 4.77. The summed E-state index contributed by atoms with van der Waals surface area (Å²) < 4.78 is 0. The molecule has 0 amide bonds. The van der Waals surface area contributed by atoms with Crippen molar-refractivity contribution in [2.24, 2.45) is 0 Å². The minimum Gasteiger partial charge on any atom is -0.106 e. The molecule has 0 unspecified atom stereocenters. The van der Waals surface area contributed by atoms with Crippen LogP contribution in [0.4, 0.5) is 0 Å². The van der Waals surface area contributed by atoms with Gasteiger partial charge in [0.25, 0.3) is 0 Å². The number of allylic oxidation sites excluding steroid dienone is 3. The third kappa shape index (κ3) is 56.7. The van der Waals surface area contributed by atoms with E-state index in [9.17, 15) is 0 Å². The molecule has 0 heterocycles. The Kier molecular flexibility index (Phi) is 38.7. The lowest BCUT2D eigenvalue weighted by Crippen LogP contribution is -1.54. The highest BCUT2D eigenvalue weighted by Crippen LogP contribution is 1.85. The fourth-order valence-electron chi connectivity index (χ4n) is 0.236. The molecule has 0 atom stereocenters. The Morgan fingerprint density at radius 2 is 1.40 bits per heavy atom. The highest BCUT2D eigenvalue weighted by molar-refractivity contribution is 5.04. The molecule has 0 aromatic rings. The van der Waals surface area contributed by atoms with Crippen molar-refractivity contribution in [3.63, 3.8) is 0 Å². The Bertz CT molecular complexity index is 74.0. The maximum Gasteiger partial charge on any atom is -0.0439 e. The second kappa shape index (κ2) is 24.1. The average molecular weight is 140 g/mol. The zero-order chi connectivity index (χ0) is 8.99. The highest BCUT2D eigenvalue weighted by Gasteiger charge is 1.63. The minimum absolute atomic E-state index is 1.30. The third-order valence-electron chi connectivity index (χ3n) is 0.451. The average Bonchev–Trinajstić information content (AvgIpc) is 1.96. The lowest BCUT2D eigenvalue weighted by atomic mass is 10.3. The largest absolute Gasteiger partial charge is 0.106 e. The second-order valence-corrected chi connectivity index (χ2v) is 1.48. The number of rotatable bonds is 1. The van der Waals surface area contributed by atoms with Crippen molar-refractivity contribution in [1.29, 1.82) is 0 Å². The van der Waals surface area contributed by atoms with E-state index in [0.717, 1.165) is 0 Å². The maximum atomic E-state index is 3.52. The Morgan fingerprint density at radius 3 is 1.40 bits per heavy atom. The first kappa shape index (κ1) is 16.1. The van der Waals surface area contributed by atoms with Crippen LogP contribution >= 0.6 is 0 Å². The molecule has 0 saturated carbocycles. The Balaban J connectivity index is -0.000000105. The molecular weight excluding hydrogens is 120 g/mol. The topological polar surface area (TPSA) is 0 Å². The van der Waals surface area contributed by atoms with E-state index < -0.39 is 0 Å². The summed E-state index contributed by atoms with van der Waals surface area (Å²) in [4.78, 5) is 0. The SMILES string of the molecule is C=C.C=CC=C(C)C.CC. The molecule has 0 aromatic carbocycles. The van der Waals surface area contributed by atoms with Crippen LogP contribution in [0.25, 0.3) is 0 Å². The van der Waals surface area contributed by atoms with Gasteiger partial charge in [0.1, 0.15) is 0 Å². The summed E-state index contributed by atoms with van der Waals surface area (Å²) in [6.07, 6.45) is 3.76. The summed E-state index contributed by atoms with van der Waals surface area (Å²) in [5.74, 6) is 0. The molecule has 60 valence electrons. The molecule has 0 heteroatoms. The predicted molar refractivity (Wildman–Crippen MR) is 52.2 cm³/mol. The summed E-state index contributed by atoms with van der Waals surface area (Å²) in [5, 5.41) is 0. The normalized spacial score (nSPS) is 5.20. The summed E-state index contributed by atoms with van der Waals surface area (Å²) in [6.45, 7) is 17.6. The van der Waals surface area contributed by atoms with Gasteiger partial charge in [0.15, 0.2) is 0 Å². The van der Waals surface area contributed by atoms with Gasteiger partial charge in [-0.1, -0.05) is 38.2 Å². The van der Waals surface area contributed by atoms with Gasteiger partial charge >= 0.3 is 0 Å². The van der Waals surface area contributed by atoms with Gasteiger partial charge in [-0.15, -0.1) is 13.2 Å². The van der Waals surface area contributed by atoms with Gasteiger partial charge in [-0.3, -0.25) is 0 Å². The molecule has 0 rings (SSSR count). The van der Waals surface area contributed by atoms with E-state index in [1.54, 1.807) is 6.08 Å². The van der Waals surface area contributed by atoms with Crippen molar-refractivity contribution >= 4 is 0 Å². The van der Waals surface area contributed by atoms with E-state index >= 15 is 0 Å². The van der Waals surface area contributed by atoms with Gasteiger partial charge < -0.3 is 0 Å². The molecule has 0 aliphatic carbocycles. The van der Waals surface area contributed by atoms with Gasteiger partial charge in [0, 0.05) is 0 Å². The van der Waals surface area contributed by atoms with Crippen molar-refractivity contribution in [3.8, 4) is 0 Å². The molecular formula is C10H20. The van der Waals surface area contributed by atoms with Crippen molar-refractivity contribution in [1.82, 2.24) is 0 Å². The van der Waals surface area contributed by atoms with Gasteiger partial charge in [-0.25, -0.2) is 0 Å². The number of hydrogen-bond acceptors (Lipinski definition) is 0. The standard InChI is InChI=1S/C6H10.C2H6.C2H4/c1-4-5-6(2)3;2*1-2/h4-5H,1H2,2-3H3;1-2H3;1-2H2. The van der Waals surface area contributed by atoms with E-state index in [1.807, 2.05) is 33.8 Å². The van der Waals surface area contributed by atoms with Crippen LogP contribution in [0, 0.1) is 0 Å². The van der Waals surface area contributed by atoms with Crippen molar-refractivity contribution < 1.29 is 0 Å². The fraction of sp³-hybridized carbons (Fsp3) is 0.400. The minimum atomic E-state index is 1.30. The molecule has 0 bridgehead atoms. The van der Waals surface area contributed by atoms with Gasteiger partial charge in [0.05, 0.1) is 0 Å². The molecule has 10 heavy (non-hydrogen) atoms. The molecule has 0 aromatic heterocycles. The van der Waals surface area contributed by atoms with Crippen LogP contribution in [-0.4, -0.2) is 0 Å². The monoisotopic (exact) mass is 140 g/mol. The van der Waals surface area contributed by atoms with E-state index in [0.29, 0.717) is 0 Å². The molecule has 0 nitrogen and oxygen atoms in total. The fourth-order valence-corrected chi connectivity index (χ4v) is 0.236. The molecule has 0 aliphatic rings. The number of hydrogen-bond donors (Lipinski definition) is 0. The quantitative estimate of drug-likeness (QED) is 0.382. The van der Waals surface area contributed by atoms with Crippen molar-refractivity contribution in [2.75, 3.05) is 0 Å². The molecule has 0 radical (unpaired) electrons. The van der Waals surface area contributed by atoms with Crippen LogP contribution in [0.3, 0.4) is 0 Å². The lowest BCUT2D eigenvalue weighted by molar-refractivity contribution is 1.40. The lowest BCUT2D eigenvalue weighted by Gasteiger charge is -1.76. The van der Waals surface area contributed by atoms with Crippen LogP contribution in [0.1, 0.15) is 27.7 Å². The first-order valence-electron chi connectivity index (χ1n) is 3.53. The molecule has 0 saturated heterocycles.